The SMILES string of the molecule is O=C(O)C(F)(F)F.O=C(O)c1cccc(NC(=NCc2ccc(F)cc2)N2CCN(c3ccc(F)cc3)CC2)c1. The maximum Gasteiger partial charge on any atom is 0.490 e. The van der Waals surface area contributed by atoms with Crippen molar-refractivity contribution in [3.63, 3.8) is 0 Å². The highest BCUT2D eigenvalue weighted by Crippen LogP contribution is 2.19. The van der Waals surface area contributed by atoms with Crippen molar-refractivity contribution in [3.8, 4) is 0 Å². The maximum absolute atomic E-state index is 13.2. The second-order valence-electron chi connectivity index (χ2n) is 8.53. The number of piperazine rings is 1. The average molecular weight is 565 g/mol. The molecule has 4 rings (SSSR count). The van der Waals surface area contributed by atoms with Gasteiger partial charge in [-0.2, -0.15) is 13.2 Å². The number of nitrogens with one attached hydrogen (secondary N) is 1. The van der Waals surface area contributed by atoms with E-state index in [2.05, 4.69) is 15.1 Å². The fourth-order valence-electron chi connectivity index (χ4n) is 3.66. The lowest BCUT2D eigenvalue weighted by atomic mass is 10.2. The minimum atomic E-state index is -5.08. The third kappa shape index (κ3) is 8.96. The molecule has 3 aromatic carbocycles. The Morgan fingerprint density at radius 2 is 1.40 bits per heavy atom. The quantitative estimate of drug-likeness (QED) is 0.225. The van der Waals surface area contributed by atoms with E-state index in [1.807, 2.05) is 0 Å². The molecule has 40 heavy (non-hydrogen) atoms. The predicted molar refractivity (Wildman–Crippen MR) is 138 cm³/mol. The smallest absolute Gasteiger partial charge is 0.478 e. The molecule has 0 bridgehead atoms. The van der Waals surface area contributed by atoms with Crippen molar-refractivity contribution in [1.82, 2.24) is 4.90 Å². The zero-order valence-electron chi connectivity index (χ0n) is 20.9. The molecular weight excluding hydrogens is 539 g/mol. The molecule has 8 nitrogen and oxygen atoms in total. The summed E-state index contributed by atoms with van der Waals surface area (Å²) < 4.78 is 58.2. The second-order valence-corrected chi connectivity index (χ2v) is 8.53. The van der Waals surface area contributed by atoms with Crippen LogP contribution in [-0.2, 0) is 11.3 Å². The van der Waals surface area contributed by atoms with Gasteiger partial charge in [-0.05, 0) is 60.2 Å². The molecule has 1 aliphatic rings. The van der Waals surface area contributed by atoms with Gasteiger partial charge in [0.1, 0.15) is 11.6 Å². The van der Waals surface area contributed by atoms with Crippen LogP contribution in [0.3, 0.4) is 0 Å². The molecule has 1 fully saturated rings. The standard InChI is InChI=1S/C25H24F2N4O2.C2HF3O2/c26-20-6-4-18(5-7-20)17-28-25(29-22-3-1-2-19(16-22)24(32)33)31-14-12-30(13-15-31)23-10-8-21(27)9-11-23;3-2(4,5)1(6)7/h1-11,16H,12-15,17H2,(H,28,29)(H,32,33);(H,6,7). The number of halogens is 5. The van der Waals surface area contributed by atoms with Crippen LogP contribution >= 0.6 is 0 Å². The molecule has 1 heterocycles. The van der Waals surface area contributed by atoms with E-state index in [1.54, 1.807) is 42.5 Å². The van der Waals surface area contributed by atoms with Crippen molar-refractivity contribution in [2.45, 2.75) is 12.7 Å². The Bertz CT molecular complexity index is 1320. The van der Waals surface area contributed by atoms with Crippen LogP contribution in [0.15, 0.2) is 77.8 Å². The number of benzene rings is 3. The van der Waals surface area contributed by atoms with Gasteiger partial charge in [-0.3, -0.25) is 0 Å². The highest BCUT2D eigenvalue weighted by Gasteiger charge is 2.38. The molecule has 0 aromatic heterocycles. The Morgan fingerprint density at radius 1 is 0.850 bits per heavy atom. The third-order valence-corrected chi connectivity index (χ3v) is 5.70. The first-order valence-electron chi connectivity index (χ1n) is 11.9. The lowest BCUT2D eigenvalue weighted by molar-refractivity contribution is -0.192. The minimum Gasteiger partial charge on any atom is -0.478 e. The van der Waals surface area contributed by atoms with Crippen LogP contribution in [0.25, 0.3) is 0 Å². The van der Waals surface area contributed by atoms with Gasteiger partial charge in [0.05, 0.1) is 12.1 Å². The number of carboxylic acids is 2. The number of hydrogen-bond acceptors (Lipinski definition) is 4. The van der Waals surface area contributed by atoms with Crippen LogP contribution in [0.5, 0.6) is 0 Å². The zero-order chi connectivity index (χ0) is 29.3. The van der Waals surface area contributed by atoms with Gasteiger partial charge in [0.15, 0.2) is 5.96 Å². The fraction of sp³-hybridized carbons (Fsp3) is 0.222. The fourth-order valence-corrected chi connectivity index (χ4v) is 3.66. The van der Waals surface area contributed by atoms with Gasteiger partial charge in [0.25, 0.3) is 0 Å². The summed E-state index contributed by atoms with van der Waals surface area (Å²) in [5, 5.41) is 19.7. The van der Waals surface area contributed by atoms with E-state index in [4.69, 9.17) is 14.9 Å². The normalized spacial score (nSPS) is 13.8. The lowest BCUT2D eigenvalue weighted by Crippen LogP contribution is -2.50. The maximum atomic E-state index is 13.2. The van der Waals surface area contributed by atoms with Gasteiger partial charge in [-0.1, -0.05) is 18.2 Å². The monoisotopic (exact) mass is 564 g/mol. The van der Waals surface area contributed by atoms with Crippen LogP contribution in [0.2, 0.25) is 0 Å². The summed E-state index contributed by atoms with van der Waals surface area (Å²) in [6.07, 6.45) is -5.08. The molecule has 0 amide bonds. The van der Waals surface area contributed by atoms with Crippen LogP contribution in [0.1, 0.15) is 15.9 Å². The first-order valence-corrected chi connectivity index (χ1v) is 11.9. The van der Waals surface area contributed by atoms with Crippen molar-refractivity contribution < 1.29 is 41.8 Å². The summed E-state index contributed by atoms with van der Waals surface area (Å²) in [5.74, 6) is -3.71. The van der Waals surface area contributed by atoms with Gasteiger partial charge >= 0.3 is 18.1 Å². The Kier molecular flexibility index (Phi) is 10.0. The first kappa shape index (κ1) is 29.9. The molecule has 1 saturated heterocycles. The summed E-state index contributed by atoms with van der Waals surface area (Å²) in [7, 11) is 0. The number of aliphatic carboxylic acids is 1. The number of aromatic carboxylic acids is 1. The molecule has 0 aliphatic carbocycles. The van der Waals surface area contributed by atoms with Crippen molar-refractivity contribution >= 4 is 29.3 Å². The van der Waals surface area contributed by atoms with Gasteiger partial charge in [-0.25, -0.2) is 23.4 Å². The number of guanidine groups is 1. The zero-order valence-corrected chi connectivity index (χ0v) is 20.9. The average Bonchev–Trinajstić information content (AvgIpc) is 2.92. The van der Waals surface area contributed by atoms with E-state index in [9.17, 15) is 31.9 Å². The predicted octanol–water partition coefficient (Wildman–Crippen LogP) is 5.09. The van der Waals surface area contributed by atoms with Crippen molar-refractivity contribution in [1.29, 1.82) is 0 Å². The summed E-state index contributed by atoms with van der Waals surface area (Å²) in [6, 6.07) is 19.2. The van der Waals surface area contributed by atoms with Crippen molar-refractivity contribution in [2.75, 3.05) is 36.4 Å². The number of carbonyl (C=O) groups is 2. The van der Waals surface area contributed by atoms with Gasteiger partial charge in [-0.15, -0.1) is 0 Å². The van der Waals surface area contributed by atoms with E-state index in [0.717, 1.165) is 24.3 Å². The number of nitrogens with zero attached hydrogens (tertiary/aromatic N) is 3. The van der Waals surface area contributed by atoms with Crippen LogP contribution in [0, 0.1) is 11.6 Å². The Morgan fingerprint density at radius 3 is 1.93 bits per heavy atom. The summed E-state index contributed by atoms with van der Waals surface area (Å²) in [5.41, 5.74) is 2.62. The lowest BCUT2D eigenvalue weighted by Gasteiger charge is -2.37. The number of rotatable bonds is 5. The Labute approximate surface area is 226 Å². The van der Waals surface area contributed by atoms with Crippen LogP contribution in [0.4, 0.5) is 33.3 Å². The van der Waals surface area contributed by atoms with E-state index in [0.29, 0.717) is 31.3 Å². The molecule has 0 spiro atoms. The van der Waals surface area contributed by atoms with E-state index < -0.39 is 18.1 Å². The number of hydrogen-bond donors (Lipinski definition) is 3. The molecule has 212 valence electrons. The highest BCUT2D eigenvalue weighted by molar-refractivity contribution is 5.96. The number of aliphatic imine (C=N–C) groups is 1. The molecule has 0 saturated carbocycles. The van der Waals surface area contributed by atoms with E-state index >= 15 is 0 Å². The number of carboxylic acid groups (broad SMARTS) is 2. The molecule has 0 unspecified atom stereocenters. The van der Waals surface area contributed by atoms with Crippen LogP contribution < -0.4 is 10.2 Å². The summed E-state index contributed by atoms with van der Waals surface area (Å²) in [6.45, 7) is 3.13. The second kappa shape index (κ2) is 13.4. The molecule has 3 aromatic rings. The molecule has 3 N–H and O–H groups in total. The Balaban J connectivity index is 0.000000559. The van der Waals surface area contributed by atoms with Gasteiger partial charge < -0.3 is 25.3 Å². The highest BCUT2D eigenvalue weighted by atomic mass is 19.4. The Hall–Kier alpha value is -4.68. The third-order valence-electron chi connectivity index (χ3n) is 5.70. The molecule has 13 heteroatoms. The molecule has 0 atom stereocenters. The largest absolute Gasteiger partial charge is 0.490 e. The minimum absolute atomic E-state index is 0.180. The summed E-state index contributed by atoms with van der Waals surface area (Å²) in [4.78, 5) is 29.2. The summed E-state index contributed by atoms with van der Waals surface area (Å²) >= 11 is 0. The van der Waals surface area contributed by atoms with Crippen molar-refractivity contribution in [2.24, 2.45) is 4.99 Å². The van der Waals surface area contributed by atoms with E-state index in [1.165, 1.54) is 30.3 Å². The van der Waals surface area contributed by atoms with Gasteiger partial charge in [0, 0.05) is 37.6 Å². The van der Waals surface area contributed by atoms with E-state index in [-0.39, 0.29) is 17.2 Å². The molecular formula is C27H25F5N4O4. The van der Waals surface area contributed by atoms with Crippen LogP contribution in [-0.4, -0.2) is 65.4 Å². The molecule has 1 aliphatic heterocycles. The topological polar surface area (TPSA) is 105 Å². The van der Waals surface area contributed by atoms with Crippen molar-refractivity contribution in [3.05, 3.63) is 95.6 Å². The van der Waals surface area contributed by atoms with Gasteiger partial charge in [0.2, 0.25) is 0 Å². The number of alkyl halides is 3. The molecule has 0 radical (unpaired) electrons. The number of anilines is 2. The first-order chi connectivity index (χ1) is 18.9.